The number of aryl methyl sites for hydroxylation is 1. The van der Waals surface area contributed by atoms with E-state index >= 15 is 0 Å². The third-order valence-corrected chi connectivity index (χ3v) is 8.25. The Labute approximate surface area is 195 Å². The van der Waals surface area contributed by atoms with Gasteiger partial charge in [-0.1, -0.05) is 11.6 Å². The molecule has 0 amide bonds. The van der Waals surface area contributed by atoms with Crippen LogP contribution >= 0.6 is 62.6 Å². The summed E-state index contributed by atoms with van der Waals surface area (Å²) in [6.07, 6.45) is 2.68. The molecule has 0 unspecified atom stereocenters. The molecule has 0 aliphatic rings. The minimum Gasteiger partial charge on any atom is -0.366 e. The number of aromatic nitrogens is 2. The van der Waals surface area contributed by atoms with Crippen LogP contribution in [0, 0.1) is 17.0 Å². The Morgan fingerprint density at radius 2 is 2.03 bits per heavy atom. The van der Waals surface area contributed by atoms with E-state index < -0.39 is 4.92 Å². The van der Waals surface area contributed by atoms with Gasteiger partial charge in [0, 0.05) is 47.2 Å². The number of nitrogens with zero attached hydrogens (tertiary/aromatic N) is 3. The molecule has 0 radical (unpaired) electrons. The summed E-state index contributed by atoms with van der Waals surface area (Å²) in [5.74, 6) is 3.58. The lowest BCUT2D eigenvalue weighted by Crippen LogP contribution is -2.30. The fourth-order valence-electron chi connectivity index (χ4n) is 2.13. The van der Waals surface area contributed by atoms with Crippen molar-refractivity contribution in [1.82, 2.24) is 20.0 Å². The molecule has 2 aromatic heterocycles. The third-order valence-electron chi connectivity index (χ3n) is 3.52. The van der Waals surface area contributed by atoms with Crippen LogP contribution in [0.25, 0.3) is 0 Å². The number of nitro groups is 1. The van der Waals surface area contributed by atoms with Crippen molar-refractivity contribution in [2.45, 2.75) is 18.4 Å². The highest BCUT2D eigenvalue weighted by molar-refractivity contribution is 9.10. The monoisotopic (exact) mass is 537 g/mol. The van der Waals surface area contributed by atoms with Gasteiger partial charge in [-0.15, -0.1) is 0 Å². The van der Waals surface area contributed by atoms with Crippen molar-refractivity contribution >= 4 is 62.6 Å². The number of hydrogen-bond donors (Lipinski definition) is 2. The maximum absolute atomic E-state index is 10.8. The Hall–Kier alpha value is -1.01. The molecule has 0 saturated carbocycles. The van der Waals surface area contributed by atoms with E-state index in [0.29, 0.717) is 29.7 Å². The number of nitrogens with one attached hydrogen (secondary N) is 2. The first kappa shape index (κ1) is 24.3. The lowest BCUT2D eigenvalue weighted by Gasteiger charge is -2.11. The van der Waals surface area contributed by atoms with Crippen molar-refractivity contribution in [3.05, 3.63) is 66.2 Å². The summed E-state index contributed by atoms with van der Waals surface area (Å²) in [6, 6.07) is 3.62. The van der Waals surface area contributed by atoms with E-state index in [-0.39, 0.29) is 0 Å². The summed E-state index contributed by atoms with van der Waals surface area (Å²) in [7, 11) is 0. The molecule has 0 saturated heterocycles. The molecule has 0 aliphatic heterocycles. The van der Waals surface area contributed by atoms with E-state index in [0.717, 1.165) is 39.3 Å². The van der Waals surface area contributed by atoms with Crippen LogP contribution in [0.5, 0.6) is 0 Å². The van der Waals surface area contributed by atoms with Gasteiger partial charge in [0.05, 0.1) is 25.8 Å². The van der Waals surface area contributed by atoms with E-state index in [2.05, 4.69) is 35.9 Å². The molecule has 29 heavy (non-hydrogen) atoms. The molecule has 0 atom stereocenters. The minimum atomic E-state index is -0.458. The standard InChI is InChI=1S/C17H21BrClN5O2S3/c1-12-17(18)15(29-23-12)11-28-8-6-22-16(9-24(25)26)21-5-7-27-10-14-13(19)3-2-4-20-14/h2-4,9,21-22H,5-8,10-11H2,1H3. The highest BCUT2D eigenvalue weighted by Gasteiger charge is 2.08. The lowest BCUT2D eigenvalue weighted by molar-refractivity contribution is -0.404. The van der Waals surface area contributed by atoms with Crippen LogP contribution in [0.3, 0.4) is 0 Å². The molecule has 12 heteroatoms. The number of pyridine rings is 1. The van der Waals surface area contributed by atoms with E-state index in [1.165, 1.54) is 16.4 Å². The smallest absolute Gasteiger partial charge is 0.274 e. The molecule has 2 N–H and O–H groups in total. The predicted octanol–water partition coefficient (Wildman–Crippen LogP) is 4.68. The van der Waals surface area contributed by atoms with Crippen molar-refractivity contribution in [2.24, 2.45) is 0 Å². The first-order valence-corrected chi connectivity index (χ1v) is 12.9. The van der Waals surface area contributed by atoms with Crippen LogP contribution in [0.4, 0.5) is 0 Å². The van der Waals surface area contributed by atoms with Gasteiger partial charge in [0.25, 0.3) is 6.20 Å². The van der Waals surface area contributed by atoms with Crippen LogP contribution in [0.15, 0.2) is 34.8 Å². The molecule has 0 aromatic carbocycles. The van der Waals surface area contributed by atoms with Gasteiger partial charge in [-0.3, -0.25) is 15.1 Å². The molecular weight excluding hydrogens is 518 g/mol. The zero-order chi connectivity index (χ0) is 21.1. The normalized spacial score (nSPS) is 11.5. The van der Waals surface area contributed by atoms with E-state index in [4.69, 9.17) is 11.6 Å². The summed E-state index contributed by atoms with van der Waals surface area (Å²) < 4.78 is 5.38. The molecule has 158 valence electrons. The van der Waals surface area contributed by atoms with Gasteiger partial charge >= 0.3 is 0 Å². The largest absolute Gasteiger partial charge is 0.366 e. The van der Waals surface area contributed by atoms with E-state index in [1.54, 1.807) is 35.8 Å². The quantitative estimate of drug-likeness (QED) is 0.216. The van der Waals surface area contributed by atoms with Crippen LogP contribution in [0.2, 0.25) is 5.02 Å². The van der Waals surface area contributed by atoms with E-state index in [1.807, 2.05) is 13.0 Å². The topological polar surface area (TPSA) is 93.0 Å². The van der Waals surface area contributed by atoms with Crippen molar-refractivity contribution in [3.8, 4) is 0 Å². The Kier molecular flexibility index (Phi) is 11.1. The lowest BCUT2D eigenvalue weighted by atomic mass is 10.4. The van der Waals surface area contributed by atoms with Crippen LogP contribution in [-0.2, 0) is 11.5 Å². The zero-order valence-corrected chi connectivity index (χ0v) is 20.5. The molecule has 2 aromatic rings. The second kappa shape index (κ2) is 13.3. The highest BCUT2D eigenvalue weighted by atomic mass is 79.9. The fraction of sp³-hybridized carbons (Fsp3) is 0.412. The van der Waals surface area contributed by atoms with Crippen molar-refractivity contribution in [1.29, 1.82) is 0 Å². The fourth-order valence-corrected chi connectivity index (χ4v) is 5.71. The van der Waals surface area contributed by atoms with Crippen molar-refractivity contribution in [2.75, 3.05) is 24.6 Å². The molecule has 0 fully saturated rings. The van der Waals surface area contributed by atoms with Crippen molar-refractivity contribution < 1.29 is 4.92 Å². The molecule has 2 heterocycles. The maximum Gasteiger partial charge on any atom is 0.274 e. The Balaban J connectivity index is 1.65. The second-order valence-electron chi connectivity index (χ2n) is 5.72. The Morgan fingerprint density at radius 1 is 1.34 bits per heavy atom. The summed E-state index contributed by atoms with van der Waals surface area (Å²) in [5, 5.41) is 17.7. The molecule has 7 nitrogen and oxygen atoms in total. The van der Waals surface area contributed by atoms with Gasteiger partial charge in [-0.25, -0.2) is 0 Å². The van der Waals surface area contributed by atoms with Crippen molar-refractivity contribution in [3.63, 3.8) is 0 Å². The first-order chi connectivity index (χ1) is 14.0. The number of halogens is 2. The molecular formula is C17H21BrClN5O2S3. The number of hydrogen-bond acceptors (Lipinski definition) is 9. The van der Waals surface area contributed by atoms with Crippen LogP contribution < -0.4 is 10.6 Å². The number of rotatable bonds is 13. The maximum atomic E-state index is 10.8. The molecule has 2 rings (SSSR count). The highest BCUT2D eigenvalue weighted by Crippen LogP contribution is 2.28. The average Bonchev–Trinajstić information content (AvgIpc) is 3.00. The Morgan fingerprint density at radius 3 is 2.62 bits per heavy atom. The number of thioether (sulfide) groups is 2. The molecule has 0 bridgehead atoms. The second-order valence-corrected chi connectivity index (χ2v) is 9.99. The zero-order valence-electron chi connectivity index (χ0n) is 15.7. The van der Waals surface area contributed by atoms with Gasteiger partial charge in [-0.05, 0) is 46.5 Å². The van der Waals surface area contributed by atoms with Gasteiger partial charge in [0.2, 0.25) is 0 Å². The Bertz CT molecular complexity index is 837. The summed E-state index contributed by atoms with van der Waals surface area (Å²) >= 11 is 14.5. The average molecular weight is 539 g/mol. The summed E-state index contributed by atoms with van der Waals surface area (Å²) in [4.78, 5) is 15.8. The van der Waals surface area contributed by atoms with Gasteiger partial charge in [0.1, 0.15) is 0 Å². The van der Waals surface area contributed by atoms with Gasteiger partial charge in [0.15, 0.2) is 5.82 Å². The summed E-state index contributed by atoms with van der Waals surface area (Å²) in [6.45, 7) is 3.20. The first-order valence-electron chi connectivity index (χ1n) is 8.66. The molecule has 0 aliphatic carbocycles. The summed E-state index contributed by atoms with van der Waals surface area (Å²) in [5.41, 5.74) is 1.85. The SMILES string of the molecule is Cc1nsc(CSCCNC(=C[N+](=O)[O-])NCCSCc2ncccc2Cl)c1Br. The minimum absolute atomic E-state index is 0.418. The van der Waals surface area contributed by atoms with E-state index in [9.17, 15) is 10.1 Å². The van der Waals surface area contributed by atoms with Crippen LogP contribution in [0.1, 0.15) is 16.3 Å². The third kappa shape index (κ3) is 9.12. The van der Waals surface area contributed by atoms with Crippen LogP contribution in [-0.4, -0.2) is 38.9 Å². The predicted molar refractivity (Wildman–Crippen MR) is 127 cm³/mol. The van der Waals surface area contributed by atoms with Gasteiger partial charge in [-0.2, -0.15) is 27.9 Å². The molecule has 0 spiro atoms. The van der Waals surface area contributed by atoms with Gasteiger partial charge < -0.3 is 10.6 Å².